The minimum atomic E-state index is -3.23. The van der Waals surface area contributed by atoms with Crippen molar-refractivity contribution >= 4 is 9.84 Å². The van der Waals surface area contributed by atoms with Crippen molar-refractivity contribution in [2.75, 3.05) is 51.6 Å². The van der Waals surface area contributed by atoms with Crippen LogP contribution in [0, 0.1) is 0 Å². The first kappa shape index (κ1) is 23.3. The van der Waals surface area contributed by atoms with Gasteiger partial charge in [0.2, 0.25) is 0 Å². The van der Waals surface area contributed by atoms with E-state index in [1.807, 2.05) is 6.07 Å². The number of ether oxygens (including phenoxy) is 1. The largest absolute Gasteiger partial charge is 0.494 e. The van der Waals surface area contributed by atoms with Crippen molar-refractivity contribution in [3.05, 3.63) is 59.7 Å². The molecule has 6 heteroatoms. The molecule has 0 unspecified atom stereocenters. The molecule has 2 aromatic carbocycles. The van der Waals surface area contributed by atoms with Crippen LogP contribution in [0.15, 0.2) is 53.4 Å². The van der Waals surface area contributed by atoms with Crippen molar-refractivity contribution in [1.29, 1.82) is 0 Å². The fourth-order valence-corrected chi connectivity index (χ4v) is 6.02. The summed E-state index contributed by atoms with van der Waals surface area (Å²) in [7, 11) is -3.23. The molecule has 1 saturated heterocycles. The summed E-state index contributed by atoms with van der Waals surface area (Å²) in [5.41, 5.74) is 2.70. The van der Waals surface area contributed by atoms with E-state index < -0.39 is 9.84 Å². The van der Waals surface area contributed by atoms with Gasteiger partial charge in [-0.15, -0.1) is 0 Å². The van der Waals surface area contributed by atoms with E-state index in [1.54, 1.807) is 24.3 Å². The Morgan fingerprint density at radius 2 is 1.50 bits per heavy atom. The minimum Gasteiger partial charge on any atom is -0.494 e. The molecule has 0 aliphatic carbocycles. The highest BCUT2D eigenvalue weighted by Crippen LogP contribution is 2.22. The quantitative estimate of drug-likeness (QED) is 0.537. The number of benzene rings is 2. The summed E-state index contributed by atoms with van der Waals surface area (Å²) < 4.78 is 31.3. The highest BCUT2D eigenvalue weighted by Gasteiger charge is 2.19. The molecule has 0 atom stereocenters. The van der Waals surface area contributed by atoms with E-state index in [0.29, 0.717) is 11.4 Å². The van der Waals surface area contributed by atoms with Crippen molar-refractivity contribution in [2.24, 2.45) is 0 Å². The summed E-state index contributed by atoms with van der Waals surface area (Å²) in [6, 6.07) is 15.3. The SMILES string of the molecule is O=S(=O)(CCN1CCc2ccc(OCCCN3CCCCC3)cc2CC1)c1ccccc1. The lowest BCUT2D eigenvalue weighted by atomic mass is 10.0. The molecule has 0 spiro atoms. The van der Waals surface area contributed by atoms with Gasteiger partial charge < -0.3 is 14.5 Å². The van der Waals surface area contributed by atoms with Crippen LogP contribution in [0.2, 0.25) is 0 Å². The first-order chi connectivity index (χ1) is 15.6. The van der Waals surface area contributed by atoms with Crippen LogP contribution in [0.1, 0.15) is 36.8 Å². The van der Waals surface area contributed by atoms with Crippen molar-refractivity contribution in [3.8, 4) is 5.75 Å². The summed E-state index contributed by atoms with van der Waals surface area (Å²) in [4.78, 5) is 5.25. The van der Waals surface area contributed by atoms with Gasteiger partial charge in [0.15, 0.2) is 9.84 Å². The molecule has 2 heterocycles. The Morgan fingerprint density at radius 1 is 0.781 bits per heavy atom. The number of rotatable bonds is 9. The maximum atomic E-state index is 12.6. The Hall–Kier alpha value is -1.89. The maximum absolute atomic E-state index is 12.6. The van der Waals surface area contributed by atoms with E-state index in [2.05, 4.69) is 28.0 Å². The molecule has 0 saturated carbocycles. The first-order valence-corrected chi connectivity index (χ1v) is 13.7. The minimum absolute atomic E-state index is 0.165. The zero-order valence-electron chi connectivity index (χ0n) is 19.0. The van der Waals surface area contributed by atoms with E-state index in [4.69, 9.17) is 4.74 Å². The van der Waals surface area contributed by atoms with Gasteiger partial charge in [0.25, 0.3) is 0 Å². The van der Waals surface area contributed by atoms with E-state index in [1.165, 1.54) is 43.5 Å². The van der Waals surface area contributed by atoms with Crippen LogP contribution in [0.25, 0.3) is 0 Å². The van der Waals surface area contributed by atoms with Gasteiger partial charge in [0.05, 0.1) is 17.3 Å². The third-order valence-electron chi connectivity index (χ3n) is 6.69. The molecule has 0 aromatic heterocycles. The number of fused-ring (bicyclic) bond motifs is 1. The summed E-state index contributed by atoms with van der Waals surface area (Å²) in [6.45, 7) is 6.72. The predicted molar refractivity (Wildman–Crippen MR) is 129 cm³/mol. The fraction of sp³-hybridized carbons (Fsp3) is 0.538. The number of sulfone groups is 1. The highest BCUT2D eigenvalue weighted by atomic mass is 32.2. The Morgan fingerprint density at radius 3 is 2.28 bits per heavy atom. The van der Waals surface area contributed by atoms with Gasteiger partial charge in [-0.05, 0) is 80.6 Å². The van der Waals surface area contributed by atoms with E-state index in [-0.39, 0.29) is 5.75 Å². The lowest BCUT2D eigenvalue weighted by Crippen LogP contribution is -2.31. The van der Waals surface area contributed by atoms with Gasteiger partial charge in [-0.2, -0.15) is 0 Å². The average molecular weight is 457 g/mol. The van der Waals surface area contributed by atoms with E-state index >= 15 is 0 Å². The number of piperidine rings is 1. The Kier molecular flexibility index (Phi) is 8.22. The molecule has 5 nitrogen and oxygen atoms in total. The summed E-state index contributed by atoms with van der Waals surface area (Å²) >= 11 is 0. The zero-order chi connectivity index (χ0) is 22.2. The standard InChI is InChI=1S/C26H36N2O3S/c29-32(30,26-8-3-1-4-9-26)21-19-28-17-12-23-10-11-25(22-24(23)13-18-28)31-20-7-16-27-14-5-2-6-15-27/h1,3-4,8-11,22H,2,5-7,12-21H2. The molecule has 32 heavy (non-hydrogen) atoms. The fourth-order valence-electron chi connectivity index (χ4n) is 4.72. The average Bonchev–Trinajstić information content (AvgIpc) is 3.04. The van der Waals surface area contributed by atoms with Gasteiger partial charge in [0, 0.05) is 26.2 Å². The Labute approximate surface area is 193 Å². The van der Waals surface area contributed by atoms with Crippen LogP contribution in [-0.2, 0) is 22.7 Å². The molecule has 174 valence electrons. The number of nitrogens with zero attached hydrogens (tertiary/aromatic N) is 2. The second-order valence-electron chi connectivity index (χ2n) is 9.01. The lowest BCUT2D eigenvalue weighted by Gasteiger charge is -2.26. The van der Waals surface area contributed by atoms with Crippen LogP contribution >= 0.6 is 0 Å². The molecule has 1 fully saturated rings. The first-order valence-electron chi connectivity index (χ1n) is 12.1. The van der Waals surface area contributed by atoms with Crippen LogP contribution in [0.5, 0.6) is 5.75 Å². The second kappa shape index (κ2) is 11.3. The molecule has 0 bridgehead atoms. The summed E-state index contributed by atoms with van der Waals surface area (Å²) in [5, 5.41) is 0. The molecule has 2 aliphatic rings. The third-order valence-corrected chi connectivity index (χ3v) is 8.40. The predicted octanol–water partition coefficient (Wildman–Crippen LogP) is 3.82. The Bertz CT molecular complexity index is 956. The summed E-state index contributed by atoms with van der Waals surface area (Å²) in [6.07, 6.45) is 7.01. The molecule has 2 aromatic rings. The summed E-state index contributed by atoms with van der Waals surface area (Å²) in [5.74, 6) is 1.13. The smallest absolute Gasteiger partial charge is 0.179 e. The number of hydrogen-bond donors (Lipinski definition) is 0. The highest BCUT2D eigenvalue weighted by molar-refractivity contribution is 7.91. The Balaban J connectivity index is 1.24. The van der Waals surface area contributed by atoms with E-state index in [9.17, 15) is 8.42 Å². The third kappa shape index (κ3) is 6.56. The van der Waals surface area contributed by atoms with Gasteiger partial charge in [-0.3, -0.25) is 0 Å². The molecular weight excluding hydrogens is 420 g/mol. The van der Waals surface area contributed by atoms with Gasteiger partial charge in [-0.25, -0.2) is 8.42 Å². The zero-order valence-corrected chi connectivity index (χ0v) is 19.9. The normalized spacial score (nSPS) is 18.1. The van der Waals surface area contributed by atoms with Gasteiger partial charge in [0.1, 0.15) is 5.75 Å². The maximum Gasteiger partial charge on any atom is 0.179 e. The van der Waals surface area contributed by atoms with Gasteiger partial charge >= 0.3 is 0 Å². The van der Waals surface area contributed by atoms with Crippen molar-refractivity contribution in [1.82, 2.24) is 9.80 Å². The lowest BCUT2D eigenvalue weighted by molar-refractivity contribution is 0.205. The van der Waals surface area contributed by atoms with Crippen LogP contribution in [0.3, 0.4) is 0 Å². The van der Waals surface area contributed by atoms with E-state index in [0.717, 1.165) is 51.3 Å². The van der Waals surface area contributed by atoms with Crippen LogP contribution in [0.4, 0.5) is 0 Å². The van der Waals surface area contributed by atoms with Crippen molar-refractivity contribution < 1.29 is 13.2 Å². The molecule has 2 aliphatic heterocycles. The molecule has 0 amide bonds. The second-order valence-corrected chi connectivity index (χ2v) is 11.1. The van der Waals surface area contributed by atoms with Crippen molar-refractivity contribution in [3.63, 3.8) is 0 Å². The van der Waals surface area contributed by atoms with Crippen LogP contribution < -0.4 is 4.74 Å². The van der Waals surface area contributed by atoms with Gasteiger partial charge in [-0.1, -0.05) is 30.7 Å². The monoisotopic (exact) mass is 456 g/mol. The molecule has 0 N–H and O–H groups in total. The van der Waals surface area contributed by atoms with Crippen LogP contribution in [-0.4, -0.2) is 69.8 Å². The number of likely N-dealkylation sites (tertiary alicyclic amines) is 1. The van der Waals surface area contributed by atoms with Crippen molar-refractivity contribution in [2.45, 2.75) is 43.4 Å². The number of hydrogen-bond acceptors (Lipinski definition) is 5. The molecule has 4 rings (SSSR count). The molecule has 0 radical (unpaired) electrons. The molecular formula is C26H36N2O3S. The topological polar surface area (TPSA) is 49.9 Å².